The van der Waals surface area contributed by atoms with E-state index in [1.54, 1.807) is 0 Å². The molecule has 0 spiro atoms. The maximum Gasteiger partial charge on any atom is 0.411 e. The van der Waals surface area contributed by atoms with E-state index in [1.165, 1.54) is 12.1 Å². The molecule has 1 rings (SSSR count). The van der Waals surface area contributed by atoms with Crippen molar-refractivity contribution < 1.29 is 9.53 Å². The molecule has 3 nitrogen and oxygen atoms in total. The molecule has 0 aliphatic heterocycles. The zero-order chi connectivity index (χ0) is 12.1. The fraction of sp³-hybridized carbons (Fsp3) is 0.300. The average Bonchev–Trinajstić information content (AvgIpc) is 2.23. The summed E-state index contributed by atoms with van der Waals surface area (Å²) < 4.78 is 4.84. The highest BCUT2D eigenvalue weighted by molar-refractivity contribution is 6.44. The van der Waals surface area contributed by atoms with Crippen molar-refractivity contribution in [1.82, 2.24) is 0 Å². The van der Waals surface area contributed by atoms with E-state index >= 15 is 0 Å². The Bertz CT molecular complexity index is 396. The number of carbonyl (C=O) groups is 1. The lowest BCUT2D eigenvalue weighted by Gasteiger charge is -2.08. The van der Waals surface area contributed by atoms with Crippen LogP contribution in [0.15, 0.2) is 12.1 Å². The van der Waals surface area contributed by atoms with Crippen LogP contribution < -0.4 is 5.32 Å². The number of benzene rings is 1. The monoisotopic (exact) mass is 281 g/mol. The Morgan fingerprint density at radius 1 is 1.25 bits per heavy atom. The Hall–Kier alpha value is -0.640. The minimum absolute atomic E-state index is 0.308. The van der Waals surface area contributed by atoms with Gasteiger partial charge in [0.05, 0.1) is 27.4 Å². The summed E-state index contributed by atoms with van der Waals surface area (Å²) in [4.78, 5) is 11.3. The molecule has 1 aromatic rings. The molecule has 0 heterocycles. The van der Waals surface area contributed by atoms with Gasteiger partial charge in [0.15, 0.2) is 0 Å². The summed E-state index contributed by atoms with van der Waals surface area (Å²) in [5.41, 5.74) is 0.372. The Morgan fingerprint density at radius 3 is 2.50 bits per heavy atom. The van der Waals surface area contributed by atoms with E-state index in [1.807, 2.05) is 6.92 Å². The van der Waals surface area contributed by atoms with Crippen LogP contribution in [0.3, 0.4) is 0 Å². The Morgan fingerprint density at radius 2 is 1.88 bits per heavy atom. The molecule has 0 aromatic heterocycles. The number of nitrogens with one attached hydrogen (secondary N) is 1. The fourth-order valence-electron chi connectivity index (χ4n) is 0.959. The first kappa shape index (κ1) is 13.4. The SMILES string of the molecule is CCCOC(=O)Nc1cc(Cl)c(Cl)cc1Cl. The molecule has 0 aliphatic rings. The van der Waals surface area contributed by atoms with Crippen molar-refractivity contribution in [3.8, 4) is 0 Å². The second-order valence-corrected chi connectivity index (χ2v) is 4.23. The van der Waals surface area contributed by atoms with E-state index in [2.05, 4.69) is 5.32 Å². The molecule has 0 unspecified atom stereocenters. The first-order valence-corrected chi connectivity index (χ1v) is 5.76. The predicted octanol–water partition coefficient (Wildman–Crippen LogP) is 4.61. The Balaban J connectivity index is 2.73. The first-order valence-electron chi connectivity index (χ1n) is 4.63. The quantitative estimate of drug-likeness (QED) is 0.822. The summed E-state index contributed by atoms with van der Waals surface area (Å²) in [6, 6.07) is 2.93. The summed E-state index contributed by atoms with van der Waals surface area (Å²) in [6.45, 7) is 2.25. The van der Waals surface area contributed by atoms with Crippen molar-refractivity contribution in [3.63, 3.8) is 0 Å². The van der Waals surface area contributed by atoms with Crippen LogP contribution in [0.25, 0.3) is 0 Å². The molecule has 88 valence electrons. The van der Waals surface area contributed by atoms with Crippen LogP contribution in [0.5, 0.6) is 0 Å². The van der Waals surface area contributed by atoms with Gasteiger partial charge in [-0.15, -0.1) is 0 Å². The molecular formula is C10H10Cl3NO2. The minimum atomic E-state index is -0.567. The standard InChI is InChI=1S/C10H10Cl3NO2/c1-2-3-16-10(15)14-9-5-7(12)6(11)4-8(9)13/h4-5H,2-3H2,1H3,(H,14,15). The third kappa shape index (κ3) is 3.74. The van der Waals surface area contributed by atoms with Gasteiger partial charge >= 0.3 is 6.09 Å². The summed E-state index contributed by atoms with van der Waals surface area (Å²) in [5.74, 6) is 0. The molecule has 0 aliphatic carbocycles. The summed E-state index contributed by atoms with van der Waals surface area (Å²) in [7, 11) is 0. The van der Waals surface area contributed by atoms with Crippen molar-refractivity contribution in [1.29, 1.82) is 0 Å². The van der Waals surface area contributed by atoms with Gasteiger partial charge in [0, 0.05) is 0 Å². The zero-order valence-corrected chi connectivity index (χ0v) is 10.8. The van der Waals surface area contributed by atoms with Crippen molar-refractivity contribution in [2.75, 3.05) is 11.9 Å². The van der Waals surface area contributed by atoms with E-state index in [-0.39, 0.29) is 0 Å². The molecule has 0 fully saturated rings. The van der Waals surface area contributed by atoms with Gasteiger partial charge in [-0.05, 0) is 18.6 Å². The van der Waals surface area contributed by atoms with Crippen LogP contribution in [0.4, 0.5) is 10.5 Å². The topological polar surface area (TPSA) is 38.3 Å². The van der Waals surface area contributed by atoms with Crippen molar-refractivity contribution in [2.45, 2.75) is 13.3 Å². The second kappa shape index (κ2) is 6.18. The Kier molecular flexibility index (Phi) is 5.19. The third-order valence-corrected chi connectivity index (χ3v) is 2.72. The zero-order valence-electron chi connectivity index (χ0n) is 8.52. The molecule has 0 radical (unpaired) electrons. The maximum absolute atomic E-state index is 11.3. The maximum atomic E-state index is 11.3. The van der Waals surface area contributed by atoms with Crippen molar-refractivity contribution >= 4 is 46.6 Å². The molecule has 1 aromatic carbocycles. The second-order valence-electron chi connectivity index (χ2n) is 3.01. The lowest BCUT2D eigenvalue weighted by Crippen LogP contribution is -2.14. The summed E-state index contributed by atoms with van der Waals surface area (Å²) in [6.07, 6.45) is 0.185. The van der Waals surface area contributed by atoms with Gasteiger partial charge in [0.2, 0.25) is 0 Å². The molecule has 1 N–H and O–H groups in total. The average molecular weight is 283 g/mol. The number of rotatable bonds is 3. The largest absolute Gasteiger partial charge is 0.449 e. The minimum Gasteiger partial charge on any atom is -0.449 e. The van der Waals surface area contributed by atoms with Crippen molar-refractivity contribution in [2.24, 2.45) is 0 Å². The van der Waals surface area contributed by atoms with Gasteiger partial charge in [-0.25, -0.2) is 4.79 Å². The van der Waals surface area contributed by atoms with E-state index in [4.69, 9.17) is 39.5 Å². The lowest BCUT2D eigenvalue weighted by atomic mass is 10.3. The number of anilines is 1. The van der Waals surface area contributed by atoms with Gasteiger partial charge in [0.25, 0.3) is 0 Å². The van der Waals surface area contributed by atoms with E-state index in [0.29, 0.717) is 27.4 Å². The highest BCUT2D eigenvalue weighted by Crippen LogP contribution is 2.32. The number of halogens is 3. The number of carbonyl (C=O) groups excluding carboxylic acids is 1. The van der Waals surface area contributed by atoms with Crippen LogP contribution >= 0.6 is 34.8 Å². The van der Waals surface area contributed by atoms with E-state index in [0.717, 1.165) is 6.42 Å². The molecular weight excluding hydrogens is 272 g/mol. The summed E-state index contributed by atoms with van der Waals surface area (Å²) in [5, 5.41) is 3.43. The fourth-order valence-corrected chi connectivity index (χ4v) is 1.55. The molecule has 0 saturated carbocycles. The predicted molar refractivity (Wildman–Crippen MR) is 66.7 cm³/mol. The smallest absolute Gasteiger partial charge is 0.411 e. The molecule has 1 amide bonds. The summed E-state index contributed by atoms with van der Waals surface area (Å²) >= 11 is 17.4. The Labute approximate surface area is 109 Å². The van der Waals surface area contributed by atoms with Gasteiger partial charge in [-0.2, -0.15) is 0 Å². The van der Waals surface area contributed by atoms with Crippen LogP contribution in [0, 0.1) is 0 Å². The number of hydrogen-bond acceptors (Lipinski definition) is 2. The normalized spacial score (nSPS) is 10.0. The first-order chi connectivity index (χ1) is 7.54. The molecule has 0 bridgehead atoms. The van der Waals surface area contributed by atoms with Crippen LogP contribution in [0.2, 0.25) is 15.1 Å². The van der Waals surface area contributed by atoms with Gasteiger partial charge in [0.1, 0.15) is 0 Å². The number of amides is 1. The van der Waals surface area contributed by atoms with Gasteiger partial charge < -0.3 is 4.74 Å². The third-order valence-electron chi connectivity index (χ3n) is 1.68. The van der Waals surface area contributed by atoms with Crippen LogP contribution in [-0.2, 0) is 4.74 Å². The van der Waals surface area contributed by atoms with Gasteiger partial charge in [-0.1, -0.05) is 41.7 Å². The number of hydrogen-bond donors (Lipinski definition) is 1. The van der Waals surface area contributed by atoms with Crippen LogP contribution in [-0.4, -0.2) is 12.7 Å². The highest BCUT2D eigenvalue weighted by Gasteiger charge is 2.09. The van der Waals surface area contributed by atoms with Crippen LogP contribution in [0.1, 0.15) is 13.3 Å². The van der Waals surface area contributed by atoms with Crippen molar-refractivity contribution in [3.05, 3.63) is 27.2 Å². The molecule has 6 heteroatoms. The lowest BCUT2D eigenvalue weighted by molar-refractivity contribution is 0.161. The van der Waals surface area contributed by atoms with Gasteiger partial charge in [-0.3, -0.25) is 5.32 Å². The highest BCUT2D eigenvalue weighted by atomic mass is 35.5. The number of ether oxygens (including phenoxy) is 1. The van der Waals surface area contributed by atoms with E-state index in [9.17, 15) is 4.79 Å². The molecule has 0 saturated heterocycles. The molecule has 0 atom stereocenters. The molecule has 16 heavy (non-hydrogen) atoms. The van der Waals surface area contributed by atoms with E-state index < -0.39 is 6.09 Å².